The lowest BCUT2D eigenvalue weighted by Crippen LogP contribution is -2.21. The number of hydrogen-bond donors (Lipinski definition) is 1. The SMILES string of the molecule is CNCC(CCc1ccnn1C)Cc1ccc(OC)cc1. The van der Waals surface area contributed by atoms with Gasteiger partial charge in [-0.15, -0.1) is 0 Å². The summed E-state index contributed by atoms with van der Waals surface area (Å²) in [4.78, 5) is 0. The zero-order valence-corrected chi connectivity index (χ0v) is 13.2. The normalized spacial score (nSPS) is 12.3. The van der Waals surface area contributed by atoms with Gasteiger partial charge in [-0.3, -0.25) is 4.68 Å². The Balaban J connectivity index is 1.93. The van der Waals surface area contributed by atoms with Gasteiger partial charge in [-0.2, -0.15) is 5.10 Å². The Morgan fingerprint density at radius 2 is 2.00 bits per heavy atom. The van der Waals surface area contributed by atoms with Crippen molar-refractivity contribution in [1.29, 1.82) is 0 Å². The Morgan fingerprint density at radius 3 is 2.57 bits per heavy atom. The predicted octanol–water partition coefficient (Wildman–Crippen LogP) is 2.44. The monoisotopic (exact) mass is 287 g/mol. The summed E-state index contributed by atoms with van der Waals surface area (Å²) in [6.45, 7) is 1.03. The molecule has 4 nitrogen and oxygen atoms in total. The molecule has 0 radical (unpaired) electrons. The highest BCUT2D eigenvalue weighted by Crippen LogP contribution is 2.18. The minimum Gasteiger partial charge on any atom is -0.497 e. The van der Waals surface area contributed by atoms with Crippen LogP contribution in [0.1, 0.15) is 17.7 Å². The third-order valence-corrected chi connectivity index (χ3v) is 3.91. The van der Waals surface area contributed by atoms with Gasteiger partial charge in [-0.05, 0) is 62.5 Å². The van der Waals surface area contributed by atoms with E-state index >= 15 is 0 Å². The molecule has 0 fully saturated rings. The molecule has 1 N–H and O–H groups in total. The van der Waals surface area contributed by atoms with E-state index in [0.717, 1.165) is 31.6 Å². The summed E-state index contributed by atoms with van der Waals surface area (Å²) in [5, 5.41) is 7.54. The molecule has 1 aromatic heterocycles. The second-order valence-electron chi connectivity index (χ2n) is 5.46. The molecule has 0 bridgehead atoms. The van der Waals surface area contributed by atoms with Gasteiger partial charge in [0.05, 0.1) is 7.11 Å². The van der Waals surface area contributed by atoms with E-state index in [2.05, 4.69) is 28.6 Å². The maximum absolute atomic E-state index is 5.21. The van der Waals surface area contributed by atoms with Crippen LogP contribution in [0.15, 0.2) is 36.5 Å². The minimum atomic E-state index is 0.623. The molecule has 21 heavy (non-hydrogen) atoms. The van der Waals surface area contributed by atoms with Crippen molar-refractivity contribution in [3.63, 3.8) is 0 Å². The van der Waals surface area contributed by atoms with Crippen molar-refractivity contribution < 1.29 is 4.74 Å². The van der Waals surface area contributed by atoms with Gasteiger partial charge in [0.15, 0.2) is 0 Å². The number of aryl methyl sites for hydroxylation is 2. The highest BCUT2D eigenvalue weighted by atomic mass is 16.5. The molecule has 114 valence electrons. The van der Waals surface area contributed by atoms with Crippen LogP contribution in [0.4, 0.5) is 0 Å². The summed E-state index contributed by atoms with van der Waals surface area (Å²) in [6.07, 6.45) is 5.18. The van der Waals surface area contributed by atoms with Crippen molar-refractivity contribution in [2.24, 2.45) is 13.0 Å². The van der Waals surface area contributed by atoms with Crippen LogP contribution in [-0.4, -0.2) is 30.5 Å². The van der Waals surface area contributed by atoms with Gasteiger partial charge in [0.25, 0.3) is 0 Å². The first-order valence-corrected chi connectivity index (χ1v) is 7.47. The van der Waals surface area contributed by atoms with E-state index in [4.69, 9.17) is 4.74 Å². The molecule has 4 heteroatoms. The Bertz CT molecular complexity index is 533. The van der Waals surface area contributed by atoms with Crippen LogP contribution in [0.5, 0.6) is 5.75 Å². The van der Waals surface area contributed by atoms with Gasteiger partial charge in [0, 0.05) is 18.9 Å². The molecule has 1 aromatic carbocycles. The van der Waals surface area contributed by atoms with Crippen LogP contribution in [0.2, 0.25) is 0 Å². The van der Waals surface area contributed by atoms with E-state index in [9.17, 15) is 0 Å². The van der Waals surface area contributed by atoms with Crippen LogP contribution in [0.3, 0.4) is 0 Å². The van der Waals surface area contributed by atoms with Crippen LogP contribution < -0.4 is 10.1 Å². The second kappa shape index (κ2) is 7.84. The molecule has 0 amide bonds. The smallest absolute Gasteiger partial charge is 0.118 e. The third kappa shape index (κ3) is 4.60. The van der Waals surface area contributed by atoms with E-state index in [1.807, 2.05) is 37.1 Å². The Morgan fingerprint density at radius 1 is 1.24 bits per heavy atom. The lowest BCUT2D eigenvalue weighted by atomic mass is 9.94. The fourth-order valence-electron chi connectivity index (χ4n) is 2.66. The highest BCUT2D eigenvalue weighted by Gasteiger charge is 2.11. The van der Waals surface area contributed by atoms with E-state index < -0.39 is 0 Å². The Hall–Kier alpha value is -1.81. The van der Waals surface area contributed by atoms with Crippen LogP contribution in [-0.2, 0) is 19.9 Å². The molecule has 0 saturated carbocycles. The quantitative estimate of drug-likeness (QED) is 0.810. The maximum atomic E-state index is 5.21. The van der Waals surface area contributed by atoms with E-state index in [1.54, 1.807) is 7.11 Å². The molecule has 0 spiro atoms. The molecule has 2 aromatic rings. The summed E-state index contributed by atoms with van der Waals surface area (Å²) < 4.78 is 7.17. The largest absolute Gasteiger partial charge is 0.497 e. The van der Waals surface area contributed by atoms with E-state index in [-0.39, 0.29) is 0 Å². The Labute approximate surface area is 127 Å². The van der Waals surface area contributed by atoms with Crippen molar-refractivity contribution in [2.45, 2.75) is 19.3 Å². The molecular weight excluding hydrogens is 262 g/mol. The van der Waals surface area contributed by atoms with Crippen molar-refractivity contribution >= 4 is 0 Å². The van der Waals surface area contributed by atoms with Gasteiger partial charge in [-0.1, -0.05) is 12.1 Å². The lowest BCUT2D eigenvalue weighted by Gasteiger charge is -2.17. The van der Waals surface area contributed by atoms with Crippen LogP contribution >= 0.6 is 0 Å². The number of benzene rings is 1. The first kappa shape index (κ1) is 15.6. The van der Waals surface area contributed by atoms with E-state index in [1.165, 1.54) is 11.3 Å². The molecule has 0 saturated heterocycles. The molecule has 1 heterocycles. The average molecular weight is 287 g/mol. The molecule has 2 rings (SSSR count). The number of aromatic nitrogens is 2. The lowest BCUT2D eigenvalue weighted by molar-refractivity contribution is 0.414. The van der Waals surface area contributed by atoms with Gasteiger partial charge in [0.1, 0.15) is 5.75 Å². The van der Waals surface area contributed by atoms with Gasteiger partial charge in [-0.25, -0.2) is 0 Å². The second-order valence-corrected chi connectivity index (χ2v) is 5.46. The molecule has 0 aliphatic rings. The zero-order valence-electron chi connectivity index (χ0n) is 13.2. The number of ether oxygens (including phenoxy) is 1. The summed E-state index contributed by atoms with van der Waals surface area (Å²) in [5.74, 6) is 1.54. The number of methoxy groups -OCH3 is 1. The number of hydrogen-bond acceptors (Lipinski definition) is 3. The highest BCUT2D eigenvalue weighted by molar-refractivity contribution is 5.27. The number of nitrogens with zero attached hydrogens (tertiary/aromatic N) is 2. The first-order chi connectivity index (χ1) is 10.2. The van der Waals surface area contributed by atoms with Crippen molar-refractivity contribution in [2.75, 3.05) is 20.7 Å². The zero-order chi connectivity index (χ0) is 15.1. The first-order valence-electron chi connectivity index (χ1n) is 7.47. The molecule has 0 aliphatic carbocycles. The summed E-state index contributed by atoms with van der Waals surface area (Å²) in [7, 11) is 5.73. The summed E-state index contributed by atoms with van der Waals surface area (Å²) in [5.41, 5.74) is 2.66. The molecule has 1 unspecified atom stereocenters. The van der Waals surface area contributed by atoms with Crippen LogP contribution in [0.25, 0.3) is 0 Å². The van der Waals surface area contributed by atoms with Crippen molar-refractivity contribution in [3.8, 4) is 5.75 Å². The summed E-state index contributed by atoms with van der Waals surface area (Å²) >= 11 is 0. The van der Waals surface area contributed by atoms with Crippen molar-refractivity contribution in [3.05, 3.63) is 47.8 Å². The summed E-state index contributed by atoms with van der Waals surface area (Å²) in [6, 6.07) is 10.5. The standard InChI is InChI=1S/C17H25N3O/c1-18-13-15(4-7-16-10-11-19-20(16)2)12-14-5-8-17(21-3)9-6-14/h5-6,8-11,15,18H,4,7,12-13H2,1-3H3. The van der Waals surface area contributed by atoms with Gasteiger partial charge < -0.3 is 10.1 Å². The minimum absolute atomic E-state index is 0.623. The molecular formula is C17H25N3O. The Kier molecular flexibility index (Phi) is 5.81. The molecule has 1 atom stereocenters. The third-order valence-electron chi connectivity index (χ3n) is 3.91. The fraction of sp³-hybridized carbons (Fsp3) is 0.471. The number of rotatable bonds is 8. The predicted molar refractivity (Wildman–Crippen MR) is 85.6 cm³/mol. The number of nitrogens with one attached hydrogen (secondary N) is 1. The maximum Gasteiger partial charge on any atom is 0.118 e. The van der Waals surface area contributed by atoms with Crippen molar-refractivity contribution in [1.82, 2.24) is 15.1 Å². The topological polar surface area (TPSA) is 39.1 Å². The van der Waals surface area contributed by atoms with Crippen LogP contribution in [0, 0.1) is 5.92 Å². The average Bonchev–Trinajstić information content (AvgIpc) is 2.91. The van der Waals surface area contributed by atoms with Gasteiger partial charge >= 0.3 is 0 Å². The fourth-order valence-corrected chi connectivity index (χ4v) is 2.66. The molecule has 0 aliphatic heterocycles. The van der Waals surface area contributed by atoms with E-state index in [0.29, 0.717) is 5.92 Å². The van der Waals surface area contributed by atoms with Gasteiger partial charge in [0.2, 0.25) is 0 Å².